The zero-order valence-corrected chi connectivity index (χ0v) is 9.03. The molecule has 0 aliphatic heterocycles. The second-order valence-corrected chi connectivity index (χ2v) is 4.76. The van der Waals surface area contributed by atoms with Gasteiger partial charge in [0.15, 0.2) is 5.03 Å². The van der Waals surface area contributed by atoms with Gasteiger partial charge in [-0.2, -0.15) is 0 Å². The second kappa shape index (κ2) is 8.91. The highest BCUT2D eigenvalue weighted by atomic mass is 33.1. The molecule has 0 aromatic rings. The minimum Gasteiger partial charge on any atom is -0.333 e. The molecule has 0 aliphatic rings. The van der Waals surface area contributed by atoms with Gasteiger partial charge in [-0.25, -0.2) is 14.9 Å². The van der Waals surface area contributed by atoms with Gasteiger partial charge >= 0.3 is 6.03 Å². The highest BCUT2D eigenvalue weighted by Gasteiger charge is 2.04. The van der Waals surface area contributed by atoms with Crippen LogP contribution in [0.2, 0.25) is 0 Å². The zero-order valence-electron chi connectivity index (χ0n) is 7.39. The van der Waals surface area contributed by atoms with Crippen molar-refractivity contribution in [3.8, 4) is 0 Å². The van der Waals surface area contributed by atoms with Gasteiger partial charge in [0.05, 0.1) is 0 Å². The fourth-order valence-corrected chi connectivity index (χ4v) is 2.26. The van der Waals surface area contributed by atoms with E-state index in [-0.39, 0.29) is 0 Å². The maximum Gasteiger partial charge on any atom is 0.372 e. The molecule has 0 atom stereocenters. The van der Waals surface area contributed by atoms with Gasteiger partial charge in [0.2, 0.25) is 0 Å². The van der Waals surface area contributed by atoms with Crippen LogP contribution in [0, 0.1) is 10.1 Å². The Morgan fingerprint density at radius 3 is 2.64 bits per heavy atom. The molecule has 0 aromatic heterocycles. The third-order valence-corrected chi connectivity index (χ3v) is 3.39. The molecule has 0 radical (unpaired) electrons. The van der Waals surface area contributed by atoms with E-state index >= 15 is 0 Å². The average molecular weight is 240 g/mol. The number of amides is 2. The number of rotatable bonds is 7. The van der Waals surface area contributed by atoms with Crippen molar-refractivity contribution in [1.29, 1.82) is 0 Å². The summed E-state index contributed by atoms with van der Waals surface area (Å²) in [5, 5.41) is 11.2. The minimum atomic E-state index is -0.897. The van der Waals surface area contributed by atoms with Gasteiger partial charge in [0.25, 0.3) is 0 Å². The quantitative estimate of drug-likeness (QED) is 0.246. The molecular formula is C5H12N4O3S2. The average Bonchev–Trinajstić information content (AvgIpc) is 2.10. The van der Waals surface area contributed by atoms with Crippen LogP contribution < -0.4 is 16.5 Å². The fourth-order valence-electron chi connectivity index (χ4n) is 0.495. The van der Waals surface area contributed by atoms with Crippen molar-refractivity contribution in [1.82, 2.24) is 10.7 Å². The van der Waals surface area contributed by atoms with Gasteiger partial charge < -0.3 is 11.1 Å². The predicted molar refractivity (Wildman–Crippen MR) is 57.5 cm³/mol. The van der Waals surface area contributed by atoms with Crippen LogP contribution in [0.5, 0.6) is 0 Å². The van der Waals surface area contributed by atoms with E-state index in [2.05, 4.69) is 5.32 Å². The van der Waals surface area contributed by atoms with E-state index in [0.29, 0.717) is 18.8 Å². The number of carbonyl (C=O) groups is 1. The summed E-state index contributed by atoms with van der Waals surface area (Å²) in [5.41, 5.74) is 6.74. The van der Waals surface area contributed by atoms with E-state index in [9.17, 15) is 14.9 Å². The van der Waals surface area contributed by atoms with Crippen molar-refractivity contribution in [2.24, 2.45) is 5.73 Å². The van der Waals surface area contributed by atoms with E-state index in [1.165, 1.54) is 5.43 Å². The number of carbonyl (C=O) groups excluding carboxylic acids is 1. The lowest BCUT2D eigenvalue weighted by Gasteiger charge is -2.01. The molecule has 9 heteroatoms. The highest BCUT2D eigenvalue weighted by molar-refractivity contribution is 8.76. The van der Waals surface area contributed by atoms with Crippen LogP contribution in [-0.4, -0.2) is 35.7 Å². The Balaban J connectivity index is 3.19. The van der Waals surface area contributed by atoms with Gasteiger partial charge in [0.1, 0.15) is 0 Å². The molecular weight excluding hydrogens is 228 g/mol. The fraction of sp³-hybridized carbons (Fsp3) is 0.800. The lowest BCUT2D eigenvalue weighted by Crippen LogP contribution is -2.39. The second-order valence-electron chi connectivity index (χ2n) is 2.06. The first-order valence-electron chi connectivity index (χ1n) is 3.80. The van der Waals surface area contributed by atoms with Crippen molar-refractivity contribution in [2.75, 3.05) is 24.6 Å². The van der Waals surface area contributed by atoms with Crippen LogP contribution in [0.1, 0.15) is 0 Å². The number of hydrogen-bond acceptors (Lipinski definition) is 6. The summed E-state index contributed by atoms with van der Waals surface area (Å²) in [6.45, 7) is 1.01. The van der Waals surface area contributed by atoms with E-state index in [1.54, 1.807) is 21.6 Å². The van der Waals surface area contributed by atoms with Crippen LogP contribution in [0.15, 0.2) is 0 Å². The molecule has 2 amide bonds. The third-order valence-electron chi connectivity index (χ3n) is 0.948. The van der Waals surface area contributed by atoms with Crippen molar-refractivity contribution in [2.45, 2.75) is 0 Å². The molecule has 0 aromatic carbocycles. The van der Waals surface area contributed by atoms with E-state index < -0.39 is 11.1 Å². The van der Waals surface area contributed by atoms with Crippen LogP contribution >= 0.6 is 21.6 Å². The Morgan fingerprint density at radius 1 is 1.43 bits per heavy atom. The SMILES string of the molecule is NCCSSCCNC(=O)N[N+](=O)[O-]. The van der Waals surface area contributed by atoms with Gasteiger partial charge in [-0.3, -0.25) is 0 Å². The summed E-state index contributed by atoms with van der Waals surface area (Å²) < 4.78 is 0. The number of nitro groups is 1. The largest absolute Gasteiger partial charge is 0.372 e. The Labute approximate surface area is 89.1 Å². The summed E-state index contributed by atoms with van der Waals surface area (Å²) in [7, 11) is 3.17. The number of hydrogen-bond donors (Lipinski definition) is 3. The smallest absolute Gasteiger partial charge is 0.333 e. The van der Waals surface area contributed by atoms with Gasteiger partial charge in [-0.05, 0) is 0 Å². The van der Waals surface area contributed by atoms with E-state index in [0.717, 1.165) is 5.75 Å². The molecule has 0 spiro atoms. The van der Waals surface area contributed by atoms with Gasteiger partial charge in [0, 0.05) is 24.6 Å². The number of nitrogens with one attached hydrogen (secondary N) is 2. The summed E-state index contributed by atoms with van der Waals surface area (Å²) in [5.74, 6) is 1.54. The van der Waals surface area contributed by atoms with Crippen molar-refractivity contribution < 1.29 is 9.83 Å². The molecule has 4 N–H and O–H groups in total. The number of hydrazine groups is 1. The maximum atomic E-state index is 10.6. The summed E-state index contributed by atoms with van der Waals surface area (Å²) in [6, 6.07) is -0.792. The van der Waals surface area contributed by atoms with Crippen LogP contribution in [0.4, 0.5) is 4.79 Å². The third kappa shape index (κ3) is 9.42. The first-order chi connectivity index (χ1) is 6.66. The van der Waals surface area contributed by atoms with Crippen molar-refractivity contribution in [3.05, 3.63) is 10.1 Å². The first kappa shape index (κ1) is 13.3. The molecule has 14 heavy (non-hydrogen) atoms. The Morgan fingerprint density at radius 2 is 2.07 bits per heavy atom. The first-order valence-corrected chi connectivity index (χ1v) is 6.29. The standard InChI is InChI=1S/C5H12N4O3S2/c6-1-3-13-14-4-2-7-5(10)8-9(11)12/h1-4,6H2,(H2,7,8,10). The molecule has 0 aliphatic carbocycles. The molecule has 0 fully saturated rings. The van der Waals surface area contributed by atoms with Crippen molar-refractivity contribution in [3.63, 3.8) is 0 Å². The lowest BCUT2D eigenvalue weighted by molar-refractivity contribution is -0.527. The molecule has 0 unspecified atom stereocenters. The van der Waals surface area contributed by atoms with E-state index in [4.69, 9.17) is 5.73 Å². The van der Waals surface area contributed by atoms with Crippen molar-refractivity contribution >= 4 is 27.6 Å². The minimum absolute atomic E-state index is 0.391. The highest BCUT2D eigenvalue weighted by Crippen LogP contribution is 2.18. The molecule has 82 valence electrons. The van der Waals surface area contributed by atoms with Gasteiger partial charge in [-0.15, -0.1) is 0 Å². The molecule has 0 bridgehead atoms. The zero-order chi connectivity index (χ0) is 10.8. The Kier molecular flexibility index (Phi) is 8.48. The Bertz CT molecular complexity index is 192. The number of nitrogens with two attached hydrogens (primary N) is 1. The Hall–Kier alpha value is -0.670. The van der Waals surface area contributed by atoms with E-state index in [1.807, 2.05) is 0 Å². The normalized spacial score (nSPS) is 9.50. The van der Waals surface area contributed by atoms with Gasteiger partial charge in [-0.1, -0.05) is 27.0 Å². The lowest BCUT2D eigenvalue weighted by atomic mass is 10.7. The van der Waals surface area contributed by atoms with Crippen LogP contribution in [0.25, 0.3) is 0 Å². The summed E-state index contributed by atoms with van der Waals surface area (Å²) in [6.07, 6.45) is 0. The van der Waals surface area contributed by atoms with Crippen LogP contribution in [-0.2, 0) is 0 Å². The molecule has 0 rings (SSSR count). The topological polar surface area (TPSA) is 110 Å². The summed E-state index contributed by atoms with van der Waals surface area (Å²) in [4.78, 5) is 20.4. The molecule has 0 saturated heterocycles. The maximum absolute atomic E-state index is 10.6. The predicted octanol–water partition coefficient (Wildman–Crippen LogP) is -0.183. The molecule has 7 nitrogen and oxygen atoms in total. The monoisotopic (exact) mass is 240 g/mol. The summed E-state index contributed by atoms with van der Waals surface area (Å²) >= 11 is 0. The molecule has 0 saturated carbocycles. The van der Waals surface area contributed by atoms with Crippen LogP contribution in [0.3, 0.4) is 0 Å². The molecule has 0 heterocycles. The number of urea groups is 1. The number of nitrogens with zero attached hydrogens (tertiary/aromatic N) is 1.